The standard InChI is InChI=1S/C14H16Cl2N4O2/c1-7(2)20-13(21)18-12(19-14(20)22)17-8(3)9-4-5-10(15)11(16)6-9/h4-8H,1-3H3,(H2,17,18,19,21,22)/t8-/m0/s1. The Labute approximate surface area is 137 Å². The number of rotatable bonds is 4. The maximum absolute atomic E-state index is 11.9. The molecule has 0 spiro atoms. The molecule has 0 saturated carbocycles. The highest BCUT2D eigenvalue weighted by Gasteiger charge is 2.12. The van der Waals surface area contributed by atoms with Crippen molar-refractivity contribution in [2.24, 2.45) is 0 Å². The number of anilines is 1. The fourth-order valence-electron chi connectivity index (χ4n) is 2.02. The number of aromatic amines is 1. The molecule has 0 aliphatic rings. The number of benzene rings is 1. The first kappa shape index (κ1) is 16.6. The average Bonchev–Trinajstić information content (AvgIpc) is 2.40. The SMILES string of the molecule is CC(C)n1c(=O)nc(N[C@@H](C)c2ccc(Cl)c(Cl)c2)[nH]c1=O. The fourth-order valence-corrected chi connectivity index (χ4v) is 2.33. The molecule has 0 unspecified atom stereocenters. The van der Waals surface area contributed by atoms with E-state index in [1.54, 1.807) is 32.0 Å². The van der Waals surface area contributed by atoms with Crippen LogP contribution in [0.25, 0.3) is 0 Å². The third-order valence-electron chi connectivity index (χ3n) is 3.17. The number of nitrogens with zero attached hydrogens (tertiary/aromatic N) is 2. The molecule has 2 rings (SSSR count). The molecule has 0 bridgehead atoms. The highest BCUT2D eigenvalue weighted by Crippen LogP contribution is 2.26. The molecule has 0 aliphatic carbocycles. The van der Waals surface area contributed by atoms with E-state index in [9.17, 15) is 9.59 Å². The van der Waals surface area contributed by atoms with Crippen LogP contribution in [0, 0.1) is 0 Å². The van der Waals surface area contributed by atoms with E-state index in [1.807, 2.05) is 6.92 Å². The van der Waals surface area contributed by atoms with Crippen LogP contribution >= 0.6 is 23.2 Å². The van der Waals surface area contributed by atoms with Crippen molar-refractivity contribution in [1.29, 1.82) is 0 Å². The van der Waals surface area contributed by atoms with Crippen LogP contribution in [0.4, 0.5) is 5.95 Å². The zero-order valence-electron chi connectivity index (χ0n) is 12.4. The maximum Gasteiger partial charge on any atom is 0.355 e. The zero-order chi connectivity index (χ0) is 16.4. The van der Waals surface area contributed by atoms with Crippen LogP contribution in [0.15, 0.2) is 27.8 Å². The maximum atomic E-state index is 11.9. The largest absolute Gasteiger partial charge is 0.355 e. The molecule has 22 heavy (non-hydrogen) atoms. The lowest BCUT2D eigenvalue weighted by atomic mass is 10.1. The van der Waals surface area contributed by atoms with Crippen LogP contribution in [0.5, 0.6) is 0 Å². The normalized spacial score (nSPS) is 12.5. The summed E-state index contributed by atoms with van der Waals surface area (Å²) in [5, 5.41) is 3.87. The number of H-pyrrole nitrogens is 1. The van der Waals surface area contributed by atoms with Gasteiger partial charge in [0, 0.05) is 6.04 Å². The van der Waals surface area contributed by atoms with E-state index in [1.165, 1.54) is 0 Å². The molecule has 6 nitrogen and oxygen atoms in total. The first-order chi connectivity index (χ1) is 10.3. The lowest BCUT2D eigenvalue weighted by Crippen LogP contribution is -2.39. The minimum atomic E-state index is -0.595. The van der Waals surface area contributed by atoms with Gasteiger partial charge in [0.25, 0.3) is 0 Å². The molecule has 2 aromatic rings. The summed E-state index contributed by atoms with van der Waals surface area (Å²) in [6.07, 6.45) is 0. The third-order valence-corrected chi connectivity index (χ3v) is 3.91. The molecule has 8 heteroatoms. The fraction of sp³-hybridized carbons (Fsp3) is 0.357. The second kappa shape index (κ2) is 6.54. The van der Waals surface area contributed by atoms with Crippen molar-refractivity contribution in [3.63, 3.8) is 0 Å². The summed E-state index contributed by atoms with van der Waals surface area (Å²) in [7, 11) is 0. The van der Waals surface area contributed by atoms with Gasteiger partial charge < -0.3 is 5.32 Å². The van der Waals surface area contributed by atoms with E-state index in [2.05, 4.69) is 15.3 Å². The second-order valence-electron chi connectivity index (χ2n) is 5.18. The summed E-state index contributed by atoms with van der Waals surface area (Å²) < 4.78 is 1.05. The molecule has 0 amide bonds. The molecule has 1 heterocycles. The predicted octanol–water partition coefficient (Wildman–Crippen LogP) is 2.99. The van der Waals surface area contributed by atoms with Crippen molar-refractivity contribution >= 4 is 29.2 Å². The van der Waals surface area contributed by atoms with Crippen molar-refractivity contribution < 1.29 is 0 Å². The highest BCUT2D eigenvalue weighted by molar-refractivity contribution is 6.42. The summed E-state index contributed by atoms with van der Waals surface area (Å²) in [6.45, 7) is 5.33. The van der Waals surface area contributed by atoms with Gasteiger partial charge in [0.1, 0.15) is 0 Å². The zero-order valence-corrected chi connectivity index (χ0v) is 13.9. The molecule has 118 valence electrons. The van der Waals surface area contributed by atoms with Crippen molar-refractivity contribution in [2.75, 3.05) is 5.32 Å². The number of halogens is 2. The molecular formula is C14H16Cl2N4O2. The Morgan fingerprint density at radius 2 is 1.86 bits per heavy atom. The van der Waals surface area contributed by atoms with E-state index in [0.29, 0.717) is 10.0 Å². The first-order valence-corrected chi connectivity index (χ1v) is 7.49. The second-order valence-corrected chi connectivity index (χ2v) is 5.99. The Balaban J connectivity index is 2.29. The van der Waals surface area contributed by atoms with Gasteiger partial charge in [-0.15, -0.1) is 0 Å². The van der Waals surface area contributed by atoms with Crippen LogP contribution in [-0.2, 0) is 0 Å². The van der Waals surface area contributed by atoms with Crippen molar-refractivity contribution in [1.82, 2.24) is 14.5 Å². The molecule has 0 fully saturated rings. The Hall–Kier alpha value is -1.79. The van der Waals surface area contributed by atoms with Gasteiger partial charge in [-0.3, -0.25) is 4.98 Å². The number of aromatic nitrogens is 3. The summed E-state index contributed by atoms with van der Waals surface area (Å²) >= 11 is 11.9. The van der Waals surface area contributed by atoms with Gasteiger partial charge in [-0.25, -0.2) is 14.2 Å². The average molecular weight is 343 g/mol. The number of hydrogen-bond acceptors (Lipinski definition) is 4. The Bertz CT molecular complexity index is 767. The van der Waals surface area contributed by atoms with Crippen molar-refractivity contribution in [2.45, 2.75) is 32.9 Å². The van der Waals surface area contributed by atoms with Crippen molar-refractivity contribution in [3.8, 4) is 0 Å². The first-order valence-electron chi connectivity index (χ1n) is 6.74. The molecule has 1 aromatic heterocycles. The van der Waals surface area contributed by atoms with Crippen LogP contribution in [0.3, 0.4) is 0 Å². The van der Waals surface area contributed by atoms with E-state index in [0.717, 1.165) is 10.1 Å². The summed E-state index contributed by atoms with van der Waals surface area (Å²) in [6, 6.07) is 4.73. The Kier molecular flexibility index (Phi) is 4.93. The summed E-state index contributed by atoms with van der Waals surface area (Å²) in [5.74, 6) is 0.116. The lowest BCUT2D eigenvalue weighted by molar-refractivity contribution is 0.529. The third kappa shape index (κ3) is 3.51. The molecule has 0 aliphatic heterocycles. The van der Waals surface area contributed by atoms with Gasteiger partial charge in [0.15, 0.2) is 0 Å². The lowest BCUT2D eigenvalue weighted by Gasteiger charge is -2.16. The van der Waals surface area contributed by atoms with Gasteiger partial charge >= 0.3 is 11.4 Å². The van der Waals surface area contributed by atoms with Gasteiger partial charge in [0.2, 0.25) is 5.95 Å². The monoisotopic (exact) mass is 342 g/mol. The minimum Gasteiger partial charge on any atom is -0.349 e. The van der Waals surface area contributed by atoms with Gasteiger partial charge in [-0.2, -0.15) is 4.98 Å². The summed E-state index contributed by atoms with van der Waals surface area (Å²) in [4.78, 5) is 30.2. The van der Waals surface area contributed by atoms with Crippen LogP contribution in [-0.4, -0.2) is 14.5 Å². The number of hydrogen-bond donors (Lipinski definition) is 2. The van der Waals surface area contributed by atoms with Gasteiger partial charge in [0.05, 0.1) is 16.1 Å². The molecular weight excluding hydrogens is 327 g/mol. The van der Waals surface area contributed by atoms with Crippen LogP contribution in [0.2, 0.25) is 10.0 Å². The number of nitrogens with one attached hydrogen (secondary N) is 2. The molecule has 2 N–H and O–H groups in total. The summed E-state index contributed by atoms with van der Waals surface area (Å²) in [5.41, 5.74) is -0.244. The van der Waals surface area contributed by atoms with E-state index in [4.69, 9.17) is 23.2 Å². The van der Waals surface area contributed by atoms with Gasteiger partial charge in [-0.1, -0.05) is 29.3 Å². The van der Waals surface area contributed by atoms with E-state index < -0.39 is 11.4 Å². The predicted molar refractivity (Wildman–Crippen MR) is 88.0 cm³/mol. The van der Waals surface area contributed by atoms with Gasteiger partial charge in [-0.05, 0) is 38.5 Å². The van der Waals surface area contributed by atoms with Crippen molar-refractivity contribution in [3.05, 3.63) is 54.8 Å². The molecule has 0 radical (unpaired) electrons. The van der Waals surface area contributed by atoms with Crippen LogP contribution in [0.1, 0.15) is 38.4 Å². The van der Waals surface area contributed by atoms with E-state index in [-0.39, 0.29) is 18.0 Å². The van der Waals surface area contributed by atoms with Crippen LogP contribution < -0.4 is 16.7 Å². The quantitative estimate of drug-likeness (QED) is 0.894. The molecule has 0 saturated heterocycles. The highest BCUT2D eigenvalue weighted by atomic mass is 35.5. The molecule has 1 atom stereocenters. The Morgan fingerprint density at radius 1 is 1.18 bits per heavy atom. The topological polar surface area (TPSA) is 79.8 Å². The molecule has 1 aromatic carbocycles. The Morgan fingerprint density at radius 3 is 2.41 bits per heavy atom. The smallest absolute Gasteiger partial charge is 0.349 e. The van der Waals surface area contributed by atoms with E-state index >= 15 is 0 Å². The minimum absolute atomic E-state index is 0.116.